The molecule has 7 heteroatoms. The van der Waals surface area contributed by atoms with Crippen LogP contribution >= 0.6 is 0 Å². The molecule has 1 aromatic rings. The third kappa shape index (κ3) is 5.18. The van der Waals surface area contributed by atoms with Crippen molar-refractivity contribution in [1.29, 1.82) is 0 Å². The first kappa shape index (κ1) is 17.2. The number of rotatable bonds is 4. The zero-order valence-corrected chi connectivity index (χ0v) is 12.5. The molecule has 5 nitrogen and oxygen atoms in total. The number of halogens is 2. The number of ether oxygens (including phenoxy) is 2. The fraction of sp³-hybridized carbons (Fsp3) is 0.500. The van der Waals surface area contributed by atoms with E-state index in [1.807, 2.05) is 0 Å². The van der Waals surface area contributed by atoms with Crippen molar-refractivity contribution in [3.05, 3.63) is 29.3 Å². The second-order valence-electron chi connectivity index (χ2n) is 5.50. The van der Waals surface area contributed by atoms with Gasteiger partial charge in [0.05, 0.1) is 13.2 Å². The molecular formula is C14H20F2N2O3. The number of benzene rings is 1. The summed E-state index contributed by atoms with van der Waals surface area (Å²) in [5, 5.41) is 2.46. The van der Waals surface area contributed by atoms with Crippen molar-refractivity contribution < 1.29 is 23.0 Å². The third-order valence-corrected chi connectivity index (χ3v) is 2.54. The minimum atomic E-state index is -1.03. The van der Waals surface area contributed by atoms with E-state index in [2.05, 4.69) is 5.32 Å². The molecule has 21 heavy (non-hydrogen) atoms. The first-order valence-corrected chi connectivity index (χ1v) is 6.39. The second kappa shape index (κ2) is 6.71. The maximum Gasteiger partial charge on any atom is 0.407 e. The molecule has 0 saturated heterocycles. The summed E-state index contributed by atoms with van der Waals surface area (Å²) in [6, 6.07) is 1.11. The summed E-state index contributed by atoms with van der Waals surface area (Å²) in [5.41, 5.74) is 5.49. The molecule has 1 aromatic carbocycles. The molecule has 3 N–H and O–H groups in total. The van der Waals surface area contributed by atoms with Crippen LogP contribution < -0.4 is 15.8 Å². The van der Waals surface area contributed by atoms with Gasteiger partial charge in [-0.15, -0.1) is 0 Å². The van der Waals surface area contributed by atoms with E-state index in [0.29, 0.717) is 0 Å². The standard InChI is InChI=1S/C14H20F2N2O3/c1-14(2,3)21-13(19)18-7-11(17)8-5-9(15)10(16)6-12(8)20-4/h5-6,11H,7,17H2,1-4H3,(H,18,19). The number of alkyl carbamates (subject to hydrolysis) is 1. The Labute approximate surface area is 122 Å². The van der Waals surface area contributed by atoms with Crippen LogP contribution in [0.15, 0.2) is 12.1 Å². The van der Waals surface area contributed by atoms with Crippen molar-refractivity contribution in [2.24, 2.45) is 5.73 Å². The number of hydrogen-bond donors (Lipinski definition) is 2. The van der Waals surface area contributed by atoms with Gasteiger partial charge in [0.2, 0.25) is 0 Å². The van der Waals surface area contributed by atoms with E-state index in [9.17, 15) is 13.6 Å². The van der Waals surface area contributed by atoms with E-state index in [1.165, 1.54) is 7.11 Å². The summed E-state index contributed by atoms with van der Waals surface area (Å²) in [6.07, 6.45) is -0.639. The molecule has 1 rings (SSSR count). The molecule has 0 radical (unpaired) electrons. The molecular weight excluding hydrogens is 282 g/mol. The average Bonchev–Trinajstić information content (AvgIpc) is 2.36. The van der Waals surface area contributed by atoms with Crippen LogP contribution in [-0.2, 0) is 4.74 Å². The van der Waals surface area contributed by atoms with Crippen LogP contribution in [-0.4, -0.2) is 25.3 Å². The highest BCUT2D eigenvalue weighted by Gasteiger charge is 2.19. The number of nitrogens with one attached hydrogen (secondary N) is 1. The SMILES string of the molecule is COc1cc(F)c(F)cc1C(N)CNC(=O)OC(C)(C)C. The molecule has 0 saturated carbocycles. The predicted molar refractivity (Wildman–Crippen MR) is 74.1 cm³/mol. The number of nitrogens with two attached hydrogens (primary N) is 1. The summed E-state index contributed by atoms with van der Waals surface area (Å²) < 4.78 is 36.4. The summed E-state index contributed by atoms with van der Waals surface area (Å²) in [4.78, 5) is 11.5. The van der Waals surface area contributed by atoms with E-state index in [-0.39, 0.29) is 17.9 Å². The van der Waals surface area contributed by atoms with Gasteiger partial charge in [0, 0.05) is 18.2 Å². The van der Waals surface area contributed by atoms with E-state index in [0.717, 1.165) is 12.1 Å². The minimum absolute atomic E-state index is 0.00363. The third-order valence-electron chi connectivity index (χ3n) is 2.54. The van der Waals surface area contributed by atoms with Crippen LogP contribution in [0.2, 0.25) is 0 Å². The summed E-state index contributed by atoms with van der Waals surface area (Å²) >= 11 is 0. The second-order valence-corrected chi connectivity index (χ2v) is 5.50. The van der Waals surface area contributed by atoms with Crippen molar-refractivity contribution in [3.8, 4) is 5.75 Å². The van der Waals surface area contributed by atoms with Gasteiger partial charge in [-0.3, -0.25) is 0 Å². The highest BCUT2D eigenvalue weighted by atomic mass is 19.2. The lowest BCUT2D eigenvalue weighted by atomic mass is 10.1. The Balaban J connectivity index is 2.74. The van der Waals surface area contributed by atoms with E-state index < -0.39 is 29.4 Å². The minimum Gasteiger partial charge on any atom is -0.496 e. The Morgan fingerprint density at radius 2 is 1.90 bits per heavy atom. The van der Waals surface area contributed by atoms with Gasteiger partial charge in [0.25, 0.3) is 0 Å². The molecule has 0 aliphatic carbocycles. The number of carbonyl (C=O) groups is 1. The monoisotopic (exact) mass is 302 g/mol. The number of carbonyl (C=O) groups excluding carboxylic acids is 1. The fourth-order valence-corrected chi connectivity index (χ4v) is 1.63. The maximum absolute atomic E-state index is 13.3. The molecule has 0 spiro atoms. The largest absolute Gasteiger partial charge is 0.496 e. The number of amides is 1. The zero-order valence-electron chi connectivity index (χ0n) is 12.5. The average molecular weight is 302 g/mol. The van der Waals surface area contributed by atoms with Crippen LogP contribution in [0.5, 0.6) is 5.75 Å². The Morgan fingerprint density at radius 1 is 1.33 bits per heavy atom. The van der Waals surface area contributed by atoms with Crippen LogP contribution in [0.4, 0.5) is 13.6 Å². The molecule has 1 amide bonds. The fourth-order valence-electron chi connectivity index (χ4n) is 1.63. The molecule has 1 unspecified atom stereocenters. The normalized spacial score (nSPS) is 12.7. The molecule has 118 valence electrons. The molecule has 1 atom stereocenters. The molecule has 0 fully saturated rings. The van der Waals surface area contributed by atoms with Crippen molar-refractivity contribution in [1.82, 2.24) is 5.32 Å². The lowest BCUT2D eigenvalue weighted by molar-refractivity contribution is 0.0524. The van der Waals surface area contributed by atoms with Gasteiger partial charge in [-0.25, -0.2) is 13.6 Å². The van der Waals surface area contributed by atoms with Crippen LogP contribution in [0.1, 0.15) is 32.4 Å². The van der Waals surface area contributed by atoms with Gasteiger partial charge in [-0.2, -0.15) is 0 Å². The first-order valence-electron chi connectivity index (χ1n) is 6.39. The van der Waals surface area contributed by atoms with Gasteiger partial charge < -0.3 is 20.5 Å². The molecule has 0 aromatic heterocycles. The zero-order chi connectivity index (χ0) is 16.2. The Hall–Kier alpha value is -1.89. The predicted octanol–water partition coefficient (Wildman–Crippen LogP) is 2.50. The topological polar surface area (TPSA) is 73.6 Å². The number of hydrogen-bond acceptors (Lipinski definition) is 4. The van der Waals surface area contributed by atoms with Gasteiger partial charge in [0.1, 0.15) is 11.4 Å². The summed E-state index contributed by atoms with van der Waals surface area (Å²) in [7, 11) is 1.32. The molecule has 0 heterocycles. The lowest BCUT2D eigenvalue weighted by Gasteiger charge is -2.21. The Bertz CT molecular complexity index is 516. The smallest absolute Gasteiger partial charge is 0.407 e. The lowest BCUT2D eigenvalue weighted by Crippen LogP contribution is -2.36. The summed E-state index contributed by atoms with van der Waals surface area (Å²) in [5.74, 6) is -1.94. The number of methoxy groups -OCH3 is 1. The highest BCUT2D eigenvalue weighted by molar-refractivity contribution is 5.67. The molecule has 0 bridgehead atoms. The quantitative estimate of drug-likeness (QED) is 0.896. The maximum atomic E-state index is 13.3. The Morgan fingerprint density at radius 3 is 2.43 bits per heavy atom. The van der Waals surface area contributed by atoms with Gasteiger partial charge >= 0.3 is 6.09 Å². The van der Waals surface area contributed by atoms with Gasteiger partial charge in [-0.05, 0) is 26.8 Å². The van der Waals surface area contributed by atoms with Crippen LogP contribution in [0.25, 0.3) is 0 Å². The van der Waals surface area contributed by atoms with Crippen molar-refractivity contribution in [3.63, 3.8) is 0 Å². The van der Waals surface area contributed by atoms with Crippen LogP contribution in [0, 0.1) is 11.6 Å². The summed E-state index contributed by atoms with van der Waals surface area (Å²) in [6.45, 7) is 5.18. The first-order chi connectivity index (χ1) is 9.64. The van der Waals surface area contributed by atoms with E-state index >= 15 is 0 Å². The molecule has 0 aliphatic rings. The van der Waals surface area contributed by atoms with Crippen molar-refractivity contribution in [2.45, 2.75) is 32.4 Å². The highest BCUT2D eigenvalue weighted by Crippen LogP contribution is 2.26. The Kier molecular flexibility index (Phi) is 5.48. The van der Waals surface area contributed by atoms with Gasteiger partial charge in [-0.1, -0.05) is 0 Å². The van der Waals surface area contributed by atoms with Crippen molar-refractivity contribution >= 4 is 6.09 Å². The van der Waals surface area contributed by atoms with Crippen LogP contribution in [0.3, 0.4) is 0 Å². The van der Waals surface area contributed by atoms with E-state index in [1.54, 1.807) is 20.8 Å². The van der Waals surface area contributed by atoms with E-state index in [4.69, 9.17) is 15.2 Å². The van der Waals surface area contributed by atoms with Gasteiger partial charge in [0.15, 0.2) is 11.6 Å². The van der Waals surface area contributed by atoms with Crippen molar-refractivity contribution in [2.75, 3.05) is 13.7 Å². The molecule has 0 aliphatic heterocycles.